The molecule has 1 aliphatic rings. The zero-order valence-electron chi connectivity index (χ0n) is 14.6. The van der Waals surface area contributed by atoms with Crippen molar-refractivity contribution in [1.82, 2.24) is 28.8 Å². The highest BCUT2D eigenvalue weighted by Crippen LogP contribution is 2.17. The first-order valence-corrected chi connectivity index (χ1v) is 9.55. The minimum Gasteiger partial charge on any atom is -0.336 e. The van der Waals surface area contributed by atoms with Crippen LogP contribution in [-0.4, -0.2) is 69.3 Å². The number of amides is 1. The maximum atomic E-state index is 12.7. The van der Waals surface area contributed by atoms with Gasteiger partial charge in [0.2, 0.25) is 10.0 Å². The van der Waals surface area contributed by atoms with Gasteiger partial charge in [-0.1, -0.05) is 0 Å². The van der Waals surface area contributed by atoms with Gasteiger partial charge in [-0.2, -0.15) is 14.5 Å². The Hall–Kier alpha value is -2.53. The Morgan fingerprint density at radius 3 is 2.54 bits per heavy atom. The van der Waals surface area contributed by atoms with Gasteiger partial charge in [-0.3, -0.25) is 14.3 Å². The molecule has 1 fully saturated rings. The molecule has 1 saturated heterocycles. The number of rotatable bonds is 3. The van der Waals surface area contributed by atoms with Gasteiger partial charge in [-0.25, -0.2) is 13.1 Å². The fourth-order valence-corrected chi connectivity index (χ4v) is 4.25. The van der Waals surface area contributed by atoms with E-state index in [9.17, 15) is 18.0 Å². The molecule has 0 unspecified atom stereocenters. The Kier molecular flexibility index (Phi) is 4.92. The maximum absolute atomic E-state index is 12.7. The van der Waals surface area contributed by atoms with Gasteiger partial charge in [-0.15, -0.1) is 0 Å². The molecule has 3 rings (SSSR count). The zero-order chi connectivity index (χ0) is 18.9. The maximum Gasteiger partial charge on any atom is 0.274 e. The standard InChI is InChI=1S/C15H20N6O4S/c1-18-11-12(10-16-18)26(24,25)21-7-3-6-20(8-9-21)15(23)13-4-5-14(22)19(2)17-13/h4-5,10-11H,3,6-9H2,1-2H3. The highest BCUT2D eigenvalue weighted by Gasteiger charge is 2.29. The molecule has 0 atom stereocenters. The lowest BCUT2D eigenvalue weighted by Crippen LogP contribution is -2.38. The van der Waals surface area contributed by atoms with E-state index < -0.39 is 10.0 Å². The van der Waals surface area contributed by atoms with Gasteiger partial charge in [0.1, 0.15) is 10.6 Å². The molecule has 1 amide bonds. The lowest BCUT2D eigenvalue weighted by atomic mass is 10.3. The molecule has 0 radical (unpaired) electrons. The summed E-state index contributed by atoms with van der Waals surface area (Å²) in [7, 11) is -0.509. The van der Waals surface area contributed by atoms with Crippen LogP contribution in [0.25, 0.3) is 0 Å². The molecule has 0 spiro atoms. The van der Waals surface area contributed by atoms with Crippen LogP contribution in [0.5, 0.6) is 0 Å². The van der Waals surface area contributed by atoms with Gasteiger partial charge in [0.25, 0.3) is 11.5 Å². The summed E-state index contributed by atoms with van der Waals surface area (Å²) in [6.45, 7) is 1.18. The Balaban J connectivity index is 1.74. The third-order valence-corrected chi connectivity index (χ3v) is 6.09. The molecule has 2 aromatic rings. The van der Waals surface area contributed by atoms with E-state index in [1.807, 2.05) is 0 Å². The third-order valence-electron chi connectivity index (χ3n) is 4.24. The first kappa shape index (κ1) is 18.3. The van der Waals surface area contributed by atoms with Crippen molar-refractivity contribution in [3.8, 4) is 0 Å². The molecule has 0 aromatic carbocycles. The first-order valence-electron chi connectivity index (χ1n) is 8.11. The molecule has 0 saturated carbocycles. The topological polar surface area (TPSA) is 110 Å². The smallest absolute Gasteiger partial charge is 0.274 e. The van der Waals surface area contributed by atoms with Crippen LogP contribution in [0.1, 0.15) is 16.9 Å². The molecule has 3 heterocycles. The molecule has 10 nitrogen and oxygen atoms in total. The molecular formula is C15H20N6O4S. The fourth-order valence-electron chi connectivity index (χ4n) is 2.80. The number of nitrogens with zero attached hydrogens (tertiary/aromatic N) is 6. The lowest BCUT2D eigenvalue weighted by molar-refractivity contribution is 0.0755. The third kappa shape index (κ3) is 3.53. The van der Waals surface area contributed by atoms with E-state index in [1.54, 1.807) is 11.9 Å². The summed E-state index contributed by atoms with van der Waals surface area (Å²) in [5.41, 5.74) is -0.137. The van der Waals surface area contributed by atoms with Crippen LogP contribution in [0.2, 0.25) is 0 Å². The normalized spacial score (nSPS) is 16.5. The predicted molar refractivity (Wildman–Crippen MR) is 92.0 cm³/mol. The van der Waals surface area contributed by atoms with Gasteiger partial charge in [-0.05, 0) is 12.5 Å². The second-order valence-electron chi connectivity index (χ2n) is 6.08. The Morgan fingerprint density at radius 1 is 1.12 bits per heavy atom. The number of hydrogen-bond acceptors (Lipinski definition) is 6. The summed E-state index contributed by atoms with van der Waals surface area (Å²) in [6.07, 6.45) is 3.28. The molecule has 26 heavy (non-hydrogen) atoms. The van der Waals surface area contributed by atoms with Crippen LogP contribution in [0.15, 0.2) is 34.2 Å². The van der Waals surface area contributed by atoms with Crippen molar-refractivity contribution in [2.45, 2.75) is 11.3 Å². The monoisotopic (exact) mass is 380 g/mol. The van der Waals surface area contributed by atoms with Crippen LogP contribution in [0, 0.1) is 0 Å². The van der Waals surface area contributed by atoms with E-state index in [4.69, 9.17) is 0 Å². The quantitative estimate of drug-likeness (QED) is 0.679. The van der Waals surface area contributed by atoms with Gasteiger partial charge in [0.05, 0.1) is 6.20 Å². The number of sulfonamides is 1. The second-order valence-corrected chi connectivity index (χ2v) is 8.02. The average Bonchev–Trinajstić information content (AvgIpc) is 2.90. The molecule has 0 bridgehead atoms. The summed E-state index contributed by atoms with van der Waals surface area (Å²) in [5, 5.41) is 7.88. The van der Waals surface area contributed by atoms with Crippen LogP contribution in [0.3, 0.4) is 0 Å². The highest BCUT2D eigenvalue weighted by molar-refractivity contribution is 7.89. The molecule has 140 valence electrons. The summed E-state index contributed by atoms with van der Waals surface area (Å²) >= 11 is 0. The molecule has 2 aromatic heterocycles. The predicted octanol–water partition coefficient (Wildman–Crippen LogP) is -0.949. The zero-order valence-corrected chi connectivity index (χ0v) is 15.4. The van der Waals surface area contributed by atoms with Gasteiger partial charge in [0.15, 0.2) is 0 Å². The van der Waals surface area contributed by atoms with E-state index in [0.29, 0.717) is 19.5 Å². The van der Waals surface area contributed by atoms with Crippen molar-refractivity contribution < 1.29 is 13.2 Å². The van der Waals surface area contributed by atoms with Crippen molar-refractivity contribution in [1.29, 1.82) is 0 Å². The van der Waals surface area contributed by atoms with Crippen molar-refractivity contribution in [2.24, 2.45) is 14.1 Å². The van der Waals surface area contributed by atoms with E-state index in [-0.39, 0.29) is 35.1 Å². The van der Waals surface area contributed by atoms with Crippen LogP contribution in [-0.2, 0) is 24.1 Å². The Bertz CT molecular complexity index is 980. The van der Waals surface area contributed by atoms with Crippen molar-refractivity contribution in [3.05, 3.63) is 40.6 Å². The summed E-state index contributed by atoms with van der Waals surface area (Å²) in [5.74, 6) is -0.318. The lowest BCUT2D eigenvalue weighted by Gasteiger charge is -2.21. The van der Waals surface area contributed by atoms with E-state index in [0.717, 1.165) is 4.68 Å². The van der Waals surface area contributed by atoms with E-state index in [1.165, 1.54) is 40.6 Å². The Morgan fingerprint density at radius 2 is 1.88 bits per heavy atom. The average molecular weight is 380 g/mol. The van der Waals surface area contributed by atoms with E-state index in [2.05, 4.69) is 10.2 Å². The van der Waals surface area contributed by atoms with Gasteiger partial charge >= 0.3 is 0 Å². The summed E-state index contributed by atoms with van der Waals surface area (Å²) in [4.78, 5) is 25.7. The van der Waals surface area contributed by atoms with Gasteiger partial charge < -0.3 is 4.90 Å². The fraction of sp³-hybridized carbons (Fsp3) is 0.467. The number of aromatic nitrogens is 4. The second kappa shape index (κ2) is 7.00. The molecule has 0 aliphatic carbocycles. The molecule has 1 aliphatic heterocycles. The molecule has 0 N–H and O–H groups in total. The summed E-state index contributed by atoms with van der Waals surface area (Å²) in [6, 6.07) is 2.68. The first-order chi connectivity index (χ1) is 12.3. The van der Waals surface area contributed by atoms with Crippen LogP contribution in [0.4, 0.5) is 0 Å². The van der Waals surface area contributed by atoms with Crippen molar-refractivity contribution in [2.75, 3.05) is 26.2 Å². The summed E-state index contributed by atoms with van der Waals surface area (Å²) < 4.78 is 29.3. The molecule has 11 heteroatoms. The minimum atomic E-state index is -3.64. The highest BCUT2D eigenvalue weighted by atomic mass is 32.2. The SMILES string of the molecule is Cn1cc(S(=O)(=O)N2CCCN(C(=O)c3ccc(=O)n(C)n3)CC2)cn1. The minimum absolute atomic E-state index is 0.138. The number of hydrogen-bond donors (Lipinski definition) is 0. The van der Waals surface area contributed by atoms with Crippen molar-refractivity contribution >= 4 is 15.9 Å². The number of carbonyl (C=O) groups excluding carboxylic acids is 1. The number of aryl methyl sites for hydroxylation is 2. The van der Waals surface area contributed by atoms with Gasteiger partial charge in [0, 0.05) is 52.5 Å². The van der Waals surface area contributed by atoms with Crippen LogP contribution < -0.4 is 5.56 Å². The number of carbonyl (C=O) groups is 1. The van der Waals surface area contributed by atoms with Crippen LogP contribution >= 0.6 is 0 Å². The Labute approximate surface area is 150 Å². The largest absolute Gasteiger partial charge is 0.336 e. The van der Waals surface area contributed by atoms with Crippen molar-refractivity contribution in [3.63, 3.8) is 0 Å². The van der Waals surface area contributed by atoms with E-state index >= 15 is 0 Å². The molecular weight excluding hydrogens is 360 g/mol.